The molecular formula is C13H26N2O2. The molecule has 2 atom stereocenters. The Labute approximate surface area is 104 Å². The predicted octanol–water partition coefficient (Wildman–Crippen LogP) is 1.44. The topological polar surface area (TPSA) is 64.3 Å². The Bertz CT molecular complexity index is 244. The number of rotatable bonds is 6. The van der Waals surface area contributed by atoms with Crippen LogP contribution in [0.5, 0.6) is 0 Å². The summed E-state index contributed by atoms with van der Waals surface area (Å²) in [6, 6.07) is 0. The van der Waals surface area contributed by atoms with E-state index in [1.54, 1.807) is 0 Å². The van der Waals surface area contributed by atoms with E-state index in [2.05, 4.69) is 26.1 Å². The minimum Gasteiger partial charge on any atom is -0.377 e. The van der Waals surface area contributed by atoms with Crippen molar-refractivity contribution in [2.45, 2.75) is 58.1 Å². The summed E-state index contributed by atoms with van der Waals surface area (Å²) in [5, 5.41) is 3.14. The molecule has 1 fully saturated rings. The molecule has 0 bridgehead atoms. The van der Waals surface area contributed by atoms with Crippen molar-refractivity contribution in [1.29, 1.82) is 0 Å². The van der Waals surface area contributed by atoms with Crippen molar-refractivity contribution in [3.8, 4) is 0 Å². The highest BCUT2D eigenvalue weighted by Crippen LogP contribution is 2.25. The van der Waals surface area contributed by atoms with E-state index in [1.807, 2.05) is 0 Å². The van der Waals surface area contributed by atoms with Gasteiger partial charge in [-0.1, -0.05) is 20.8 Å². The summed E-state index contributed by atoms with van der Waals surface area (Å²) in [6.45, 7) is 7.39. The molecule has 1 aliphatic rings. The average Bonchev–Trinajstić information content (AvgIpc) is 2.84. The van der Waals surface area contributed by atoms with Crippen molar-refractivity contribution in [2.75, 3.05) is 13.2 Å². The summed E-state index contributed by atoms with van der Waals surface area (Å²) in [4.78, 5) is 12.3. The monoisotopic (exact) mass is 242 g/mol. The summed E-state index contributed by atoms with van der Waals surface area (Å²) in [5.41, 5.74) is 5.56. The molecule has 3 N–H and O–H groups in total. The lowest BCUT2D eigenvalue weighted by molar-refractivity contribution is -0.128. The van der Waals surface area contributed by atoms with Crippen LogP contribution in [0.1, 0.15) is 46.5 Å². The van der Waals surface area contributed by atoms with Crippen LogP contribution in [-0.4, -0.2) is 30.7 Å². The number of ether oxygens (including phenoxy) is 1. The Morgan fingerprint density at radius 2 is 2.06 bits per heavy atom. The minimum atomic E-state index is -0.238. The highest BCUT2D eigenvalue weighted by molar-refractivity contribution is 5.80. The highest BCUT2D eigenvalue weighted by Gasteiger charge is 2.36. The maximum Gasteiger partial charge on any atom is 0.226 e. The first-order valence-electron chi connectivity index (χ1n) is 6.76. The van der Waals surface area contributed by atoms with Gasteiger partial charge in [0.15, 0.2) is 0 Å². The van der Waals surface area contributed by atoms with Gasteiger partial charge in [0.25, 0.3) is 0 Å². The number of nitrogens with one attached hydrogen (secondary N) is 1. The van der Waals surface area contributed by atoms with Gasteiger partial charge in [0, 0.05) is 13.2 Å². The van der Waals surface area contributed by atoms with E-state index in [1.165, 1.54) is 0 Å². The van der Waals surface area contributed by atoms with E-state index in [0.29, 0.717) is 13.2 Å². The van der Waals surface area contributed by atoms with Gasteiger partial charge >= 0.3 is 0 Å². The smallest absolute Gasteiger partial charge is 0.226 e. The number of carbonyl (C=O) groups is 1. The first-order valence-corrected chi connectivity index (χ1v) is 6.76. The molecular weight excluding hydrogens is 216 g/mol. The molecule has 4 nitrogen and oxygen atoms in total. The van der Waals surface area contributed by atoms with Crippen LogP contribution in [0.3, 0.4) is 0 Å². The number of hydrogen-bond donors (Lipinski definition) is 2. The lowest BCUT2D eigenvalue weighted by atomic mass is 9.90. The standard InChI is InChI=1S/C13H26N2O2/c1-4-11-10(7-8-17-11)12(16)15-13(5-2,6-3)9-14/h10-11H,4-9,14H2,1-3H3,(H,15,16). The van der Waals surface area contributed by atoms with Gasteiger partial charge in [-0.05, 0) is 25.7 Å². The summed E-state index contributed by atoms with van der Waals surface area (Å²) in [7, 11) is 0. The molecule has 0 aromatic rings. The molecule has 1 rings (SSSR count). The Morgan fingerprint density at radius 1 is 1.41 bits per heavy atom. The van der Waals surface area contributed by atoms with E-state index in [9.17, 15) is 4.79 Å². The van der Waals surface area contributed by atoms with Gasteiger partial charge in [-0.2, -0.15) is 0 Å². The molecule has 1 amide bonds. The Morgan fingerprint density at radius 3 is 2.53 bits per heavy atom. The van der Waals surface area contributed by atoms with Crippen molar-refractivity contribution in [2.24, 2.45) is 11.7 Å². The zero-order chi connectivity index (χ0) is 12.9. The van der Waals surface area contributed by atoms with Gasteiger partial charge in [0.1, 0.15) is 0 Å². The molecule has 0 saturated carbocycles. The van der Waals surface area contributed by atoms with Crippen molar-refractivity contribution in [1.82, 2.24) is 5.32 Å². The third kappa shape index (κ3) is 3.19. The zero-order valence-corrected chi connectivity index (χ0v) is 11.3. The van der Waals surface area contributed by atoms with Crippen molar-refractivity contribution in [3.63, 3.8) is 0 Å². The second-order valence-electron chi connectivity index (χ2n) is 4.89. The fourth-order valence-corrected chi connectivity index (χ4v) is 2.47. The molecule has 17 heavy (non-hydrogen) atoms. The SMILES string of the molecule is CCC1OCCC1C(=O)NC(CC)(CC)CN. The Kier molecular flexibility index (Phi) is 5.40. The van der Waals surface area contributed by atoms with Crippen LogP contribution in [0, 0.1) is 5.92 Å². The molecule has 0 aromatic heterocycles. The maximum atomic E-state index is 12.3. The summed E-state index contributed by atoms with van der Waals surface area (Å²) in [6.07, 6.45) is 3.55. The molecule has 1 aliphatic heterocycles. The van der Waals surface area contributed by atoms with Crippen molar-refractivity contribution in [3.05, 3.63) is 0 Å². The molecule has 1 heterocycles. The van der Waals surface area contributed by atoms with E-state index in [0.717, 1.165) is 25.7 Å². The first-order chi connectivity index (χ1) is 8.12. The Balaban J connectivity index is 2.64. The van der Waals surface area contributed by atoms with Crippen LogP contribution in [0.4, 0.5) is 0 Å². The van der Waals surface area contributed by atoms with Crippen LogP contribution in [0.25, 0.3) is 0 Å². The largest absolute Gasteiger partial charge is 0.377 e. The lowest BCUT2D eigenvalue weighted by Crippen LogP contribution is -2.55. The van der Waals surface area contributed by atoms with Gasteiger partial charge in [0.2, 0.25) is 5.91 Å². The van der Waals surface area contributed by atoms with Gasteiger partial charge in [-0.3, -0.25) is 4.79 Å². The van der Waals surface area contributed by atoms with E-state index >= 15 is 0 Å². The molecule has 100 valence electrons. The number of hydrogen-bond acceptors (Lipinski definition) is 3. The van der Waals surface area contributed by atoms with Crippen molar-refractivity contribution < 1.29 is 9.53 Å². The van der Waals surface area contributed by atoms with E-state index < -0.39 is 0 Å². The van der Waals surface area contributed by atoms with Crippen LogP contribution >= 0.6 is 0 Å². The van der Waals surface area contributed by atoms with Crippen LogP contribution in [0.2, 0.25) is 0 Å². The van der Waals surface area contributed by atoms with Crippen LogP contribution < -0.4 is 11.1 Å². The van der Waals surface area contributed by atoms with Crippen LogP contribution in [0.15, 0.2) is 0 Å². The fourth-order valence-electron chi connectivity index (χ4n) is 2.47. The molecule has 0 aliphatic carbocycles. The summed E-state index contributed by atoms with van der Waals surface area (Å²) >= 11 is 0. The van der Waals surface area contributed by atoms with E-state index in [4.69, 9.17) is 10.5 Å². The average molecular weight is 242 g/mol. The summed E-state index contributed by atoms with van der Waals surface area (Å²) < 4.78 is 5.56. The van der Waals surface area contributed by atoms with Gasteiger partial charge < -0.3 is 15.8 Å². The second-order valence-corrected chi connectivity index (χ2v) is 4.89. The van der Waals surface area contributed by atoms with Gasteiger partial charge in [0.05, 0.1) is 17.6 Å². The lowest BCUT2D eigenvalue weighted by Gasteiger charge is -2.33. The molecule has 2 unspecified atom stereocenters. The Hall–Kier alpha value is -0.610. The number of amides is 1. The second kappa shape index (κ2) is 6.36. The third-order valence-corrected chi connectivity index (χ3v) is 4.08. The first kappa shape index (κ1) is 14.5. The highest BCUT2D eigenvalue weighted by atomic mass is 16.5. The third-order valence-electron chi connectivity index (χ3n) is 4.08. The minimum absolute atomic E-state index is 0.00373. The molecule has 1 saturated heterocycles. The van der Waals surface area contributed by atoms with E-state index in [-0.39, 0.29) is 23.5 Å². The molecule has 0 spiro atoms. The van der Waals surface area contributed by atoms with Crippen molar-refractivity contribution >= 4 is 5.91 Å². The zero-order valence-electron chi connectivity index (χ0n) is 11.3. The normalized spacial score (nSPS) is 24.9. The predicted molar refractivity (Wildman–Crippen MR) is 68.6 cm³/mol. The molecule has 0 aromatic carbocycles. The fraction of sp³-hybridized carbons (Fsp3) is 0.923. The van der Waals surface area contributed by atoms with Crippen LogP contribution in [-0.2, 0) is 9.53 Å². The maximum absolute atomic E-state index is 12.3. The quantitative estimate of drug-likeness (QED) is 0.740. The molecule has 0 radical (unpaired) electrons. The summed E-state index contributed by atoms with van der Waals surface area (Å²) in [5.74, 6) is 0.118. The molecule has 4 heteroatoms. The van der Waals surface area contributed by atoms with Gasteiger partial charge in [-0.15, -0.1) is 0 Å². The number of carbonyl (C=O) groups excluding carboxylic acids is 1. The number of nitrogens with two attached hydrogens (primary N) is 1. The van der Waals surface area contributed by atoms with Gasteiger partial charge in [-0.25, -0.2) is 0 Å².